The van der Waals surface area contributed by atoms with Gasteiger partial charge in [-0.15, -0.1) is 0 Å². The largest absolute Gasteiger partial charge is 0.308 e. The van der Waals surface area contributed by atoms with Crippen LogP contribution in [0.5, 0.6) is 0 Å². The Labute approximate surface area is 116 Å². The third kappa shape index (κ3) is 2.70. The maximum atomic E-state index is 11.1. The zero-order valence-corrected chi connectivity index (χ0v) is 11.2. The smallest absolute Gasteiger partial charge is 0.295 e. The highest BCUT2D eigenvalue weighted by Gasteiger charge is 2.21. The van der Waals surface area contributed by atoms with Gasteiger partial charge in [-0.3, -0.25) is 10.1 Å². The average Bonchev–Trinajstić information content (AvgIpc) is 3.14. The summed E-state index contributed by atoms with van der Waals surface area (Å²) in [6.45, 7) is 2.54. The van der Waals surface area contributed by atoms with Gasteiger partial charge < -0.3 is 5.32 Å². The second-order valence-corrected chi connectivity index (χ2v) is 5.16. The van der Waals surface area contributed by atoms with Crippen molar-refractivity contribution in [2.75, 3.05) is 0 Å². The molecule has 1 fully saturated rings. The van der Waals surface area contributed by atoms with Crippen LogP contribution < -0.4 is 5.32 Å². The molecule has 1 N–H and O–H groups in total. The summed E-state index contributed by atoms with van der Waals surface area (Å²) in [5, 5.41) is 18.9. The summed E-state index contributed by atoms with van der Waals surface area (Å²) in [4.78, 5) is 10.8. The van der Waals surface area contributed by atoms with Crippen molar-refractivity contribution in [1.82, 2.24) is 15.1 Å². The molecular formula is C14H16N4O2. The van der Waals surface area contributed by atoms with Crippen LogP contribution in [-0.2, 0) is 6.54 Å². The Bertz CT molecular complexity index is 646. The summed E-state index contributed by atoms with van der Waals surface area (Å²) >= 11 is 0. The number of nitro groups is 1. The van der Waals surface area contributed by atoms with Crippen LogP contribution in [0.4, 0.5) is 5.69 Å². The summed E-state index contributed by atoms with van der Waals surface area (Å²) in [7, 11) is 0. The molecule has 0 radical (unpaired) electrons. The Balaban J connectivity index is 1.86. The molecule has 2 aromatic rings. The molecule has 0 atom stereocenters. The third-order valence-electron chi connectivity index (χ3n) is 3.37. The van der Waals surface area contributed by atoms with Crippen molar-refractivity contribution in [3.63, 3.8) is 0 Å². The number of rotatable bonds is 5. The molecule has 6 heteroatoms. The average molecular weight is 272 g/mol. The lowest BCUT2D eigenvalue weighted by molar-refractivity contribution is -0.384. The van der Waals surface area contributed by atoms with E-state index in [1.54, 1.807) is 23.0 Å². The van der Waals surface area contributed by atoms with E-state index in [0.29, 0.717) is 18.3 Å². The van der Waals surface area contributed by atoms with Crippen LogP contribution >= 0.6 is 0 Å². The Morgan fingerprint density at radius 2 is 2.25 bits per heavy atom. The zero-order valence-electron chi connectivity index (χ0n) is 11.2. The third-order valence-corrected chi connectivity index (χ3v) is 3.37. The Kier molecular flexibility index (Phi) is 3.23. The number of nitro benzene ring substituents is 1. The van der Waals surface area contributed by atoms with E-state index in [2.05, 4.69) is 10.4 Å². The van der Waals surface area contributed by atoms with Gasteiger partial charge in [0, 0.05) is 24.8 Å². The fourth-order valence-electron chi connectivity index (χ4n) is 2.10. The van der Waals surface area contributed by atoms with Crippen LogP contribution in [0, 0.1) is 17.0 Å². The molecule has 0 aliphatic heterocycles. The van der Waals surface area contributed by atoms with Crippen LogP contribution in [0.1, 0.15) is 24.1 Å². The van der Waals surface area contributed by atoms with Gasteiger partial charge in [0.1, 0.15) is 5.69 Å². The minimum absolute atomic E-state index is 0.0785. The lowest BCUT2D eigenvalue weighted by Crippen LogP contribution is -2.15. The molecule has 0 unspecified atom stereocenters. The molecule has 1 aromatic heterocycles. The van der Waals surface area contributed by atoms with Crippen molar-refractivity contribution in [3.8, 4) is 5.69 Å². The number of nitrogens with zero attached hydrogens (tertiary/aromatic N) is 3. The first-order valence-corrected chi connectivity index (χ1v) is 6.67. The molecule has 0 amide bonds. The van der Waals surface area contributed by atoms with Crippen molar-refractivity contribution in [2.24, 2.45) is 0 Å². The molecule has 3 rings (SSSR count). The number of benzene rings is 1. The van der Waals surface area contributed by atoms with E-state index in [1.165, 1.54) is 12.8 Å². The standard InChI is InChI=1S/C14H16N4O2/c1-10-2-5-13(14(8-10)18(19)20)17-7-6-12(16-17)9-15-11-3-4-11/h2,5-8,11,15H,3-4,9H2,1H3. The molecular weight excluding hydrogens is 256 g/mol. The Morgan fingerprint density at radius 1 is 1.45 bits per heavy atom. The first-order chi connectivity index (χ1) is 9.63. The molecule has 0 bridgehead atoms. The first kappa shape index (κ1) is 12.8. The summed E-state index contributed by atoms with van der Waals surface area (Å²) in [5.74, 6) is 0. The van der Waals surface area contributed by atoms with Gasteiger partial charge >= 0.3 is 0 Å². The SMILES string of the molecule is Cc1ccc(-n2ccc(CNC3CC3)n2)c([N+](=O)[O-])c1. The van der Waals surface area contributed by atoms with E-state index < -0.39 is 0 Å². The predicted molar refractivity (Wildman–Crippen MR) is 74.8 cm³/mol. The Morgan fingerprint density at radius 3 is 2.95 bits per heavy atom. The second-order valence-electron chi connectivity index (χ2n) is 5.16. The van der Waals surface area contributed by atoms with Crippen molar-refractivity contribution in [2.45, 2.75) is 32.4 Å². The predicted octanol–water partition coefficient (Wildman–Crippen LogP) is 2.34. The molecule has 0 saturated heterocycles. The normalized spacial score (nSPS) is 14.4. The number of aromatic nitrogens is 2. The molecule has 1 heterocycles. The van der Waals surface area contributed by atoms with Crippen molar-refractivity contribution in [3.05, 3.63) is 51.8 Å². The van der Waals surface area contributed by atoms with Crippen molar-refractivity contribution < 1.29 is 4.92 Å². The van der Waals surface area contributed by atoms with Crippen LogP contribution in [0.2, 0.25) is 0 Å². The highest BCUT2D eigenvalue weighted by molar-refractivity contribution is 5.53. The van der Waals surface area contributed by atoms with E-state index >= 15 is 0 Å². The van der Waals surface area contributed by atoms with E-state index in [9.17, 15) is 10.1 Å². The summed E-state index contributed by atoms with van der Waals surface area (Å²) in [6, 6.07) is 7.66. The highest BCUT2D eigenvalue weighted by atomic mass is 16.6. The Hall–Kier alpha value is -2.21. The minimum Gasteiger partial charge on any atom is -0.308 e. The fourth-order valence-corrected chi connectivity index (χ4v) is 2.10. The molecule has 1 aliphatic rings. The van der Waals surface area contributed by atoms with Gasteiger partial charge in [0.25, 0.3) is 5.69 Å². The maximum absolute atomic E-state index is 11.1. The van der Waals surface area contributed by atoms with Gasteiger partial charge in [-0.2, -0.15) is 5.10 Å². The van der Waals surface area contributed by atoms with Crippen LogP contribution in [-0.4, -0.2) is 20.7 Å². The molecule has 20 heavy (non-hydrogen) atoms. The first-order valence-electron chi connectivity index (χ1n) is 6.67. The van der Waals surface area contributed by atoms with E-state index in [4.69, 9.17) is 0 Å². The van der Waals surface area contributed by atoms with E-state index in [1.807, 2.05) is 19.1 Å². The minimum atomic E-state index is -0.369. The molecule has 1 saturated carbocycles. The fraction of sp³-hybridized carbons (Fsp3) is 0.357. The molecule has 0 spiro atoms. The number of aryl methyl sites for hydroxylation is 1. The van der Waals surface area contributed by atoms with Crippen molar-refractivity contribution in [1.29, 1.82) is 0 Å². The van der Waals surface area contributed by atoms with Crippen molar-refractivity contribution >= 4 is 5.69 Å². The molecule has 1 aliphatic carbocycles. The van der Waals surface area contributed by atoms with Crippen LogP contribution in [0.3, 0.4) is 0 Å². The monoisotopic (exact) mass is 272 g/mol. The summed E-state index contributed by atoms with van der Waals surface area (Å²) < 4.78 is 1.57. The molecule has 104 valence electrons. The van der Waals surface area contributed by atoms with E-state index in [0.717, 1.165) is 11.3 Å². The number of hydrogen-bond donors (Lipinski definition) is 1. The van der Waals surface area contributed by atoms with Gasteiger partial charge in [0.2, 0.25) is 0 Å². The van der Waals surface area contributed by atoms with Gasteiger partial charge in [-0.05, 0) is 37.5 Å². The van der Waals surface area contributed by atoms with Gasteiger partial charge in [-0.1, -0.05) is 6.07 Å². The van der Waals surface area contributed by atoms with Crippen LogP contribution in [0.15, 0.2) is 30.5 Å². The van der Waals surface area contributed by atoms with Gasteiger partial charge in [0.15, 0.2) is 0 Å². The number of hydrogen-bond acceptors (Lipinski definition) is 4. The second kappa shape index (κ2) is 5.05. The summed E-state index contributed by atoms with van der Waals surface area (Å²) in [6.07, 6.45) is 4.22. The maximum Gasteiger partial charge on any atom is 0.295 e. The lowest BCUT2D eigenvalue weighted by Gasteiger charge is -2.04. The number of nitrogens with one attached hydrogen (secondary N) is 1. The summed E-state index contributed by atoms with van der Waals surface area (Å²) in [5.41, 5.74) is 2.34. The lowest BCUT2D eigenvalue weighted by atomic mass is 10.2. The molecule has 1 aromatic carbocycles. The van der Waals surface area contributed by atoms with E-state index in [-0.39, 0.29) is 10.6 Å². The zero-order chi connectivity index (χ0) is 14.1. The van der Waals surface area contributed by atoms with Gasteiger partial charge in [-0.25, -0.2) is 4.68 Å². The van der Waals surface area contributed by atoms with Crippen LogP contribution in [0.25, 0.3) is 5.69 Å². The topological polar surface area (TPSA) is 73.0 Å². The quantitative estimate of drug-likeness (QED) is 0.669. The highest BCUT2D eigenvalue weighted by Crippen LogP contribution is 2.24. The molecule has 6 nitrogen and oxygen atoms in total. The van der Waals surface area contributed by atoms with Gasteiger partial charge in [0.05, 0.1) is 10.6 Å².